The average molecular weight is 324 g/mol. The van der Waals surface area contributed by atoms with E-state index in [0.717, 1.165) is 23.3 Å². The number of hydrogen-bond donors (Lipinski definition) is 1. The van der Waals surface area contributed by atoms with Crippen molar-refractivity contribution in [2.45, 2.75) is 31.2 Å². The molecule has 23 heavy (non-hydrogen) atoms. The minimum absolute atomic E-state index is 0.0302. The highest BCUT2D eigenvalue weighted by molar-refractivity contribution is 5.23. The zero-order valence-corrected chi connectivity index (χ0v) is 12.6. The average Bonchev–Trinajstić information content (AvgIpc) is 3.05. The first-order valence-corrected chi connectivity index (χ1v) is 7.52. The minimum Gasteiger partial charge on any atom is -0.326 e. The molecule has 1 aliphatic rings. The van der Waals surface area contributed by atoms with Gasteiger partial charge < -0.3 is 5.73 Å². The van der Waals surface area contributed by atoms with E-state index < -0.39 is 12.7 Å². The van der Waals surface area contributed by atoms with Crippen LogP contribution in [0.3, 0.4) is 0 Å². The number of nitrogens with two attached hydrogens (primary N) is 1. The Balaban J connectivity index is 1.61. The van der Waals surface area contributed by atoms with E-state index in [4.69, 9.17) is 5.73 Å². The molecule has 0 radical (unpaired) electrons. The summed E-state index contributed by atoms with van der Waals surface area (Å²) in [4.78, 5) is 2.16. The molecule has 2 N–H and O–H groups in total. The Kier molecular flexibility index (Phi) is 4.41. The molecule has 1 aromatic heterocycles. The summed E-state index contributed by atoms with van der Waals surface area (Å²) in [6.07, 6.45) is -1.31. The number of likely N-dealkylation sites (tertiary alicyclic amines) is 1. The zero-order valence-electron chi connectivity index (χ0n) is 12.6. The molecule has 0 aliphatic carbocycles. The second-order valence-electron chi connectivity index (χ2n) is 6.04. The lowest BCUT2D eigenvalue weighted by Gasteiger charge is -2.15. The van der Waals surface area contributed by atoms with Crippen LogP contribution < -0.4 is 5.73 Å². The molecule has 7 heteroatoms. The van der Waals surface area contributed by atoms with Gasteiger partial charge in [0, 0.05) is 43.4 Å². The Labute approximate surface area is 132 Å². The van der Waals surface area contributed by atoms with Crippen LogP contribution in [-0.2, 0) is 13.1 Å². The van der Waals surface area contributed by atoms with Gasteiger partial charge in [-0.15, -0.1) is 0 Å². The van der Waals surface area contributed by atoms with Gasteiger partial charge in [-0.2, -0.15) is 18.3 Å². The van der Waals surface area contributed by atoms with E-state index in [1.54, 1.807) is 0 Å². The van der Waals surface area contributed by atoms with Crippen molar-refractivity contribution in [3.05, 3.63) is 53.9 Å². The number of benzene rings is 1. The summed E-state index contributed by atoms with van der Waals surface area (Å²) >= 11 is 0. The fraction of sp³-hybridized carbons (Fsp3) is 0.438. The van der Waals surface area contributed by atoms with Crippen molar-refractivity contribution >= 4 is 0 Å². The fourth-order valence-electron chi connectivity index (χ4n) is 3.11. The summed E-state index contributed by atoms with van der Waals surface area (Å²) in [6.45, 7) is 1.04. The van der Waals surface area contributed by atoms with Gasteiger partial charge in [-0.3, -0.25) is 9.58 Å². The highest BCUT2D eigenvalue weighted by Crippen LogP contribution is 2.27. The van der Waals surface area contributed by atoms with Crippen LogP contribution in [0, 0.1) is 0 Å². The summed E-state index contributed by atoms with van der Waals surface area (Å²) in [5.41, 5.74) is 8.21. The standard InChI is InChI=1S/C16H19F3N4/c17-16(18,19)11-23-8-12(6-21-23)7-22-9-14(15(20)10-22)13-4-2-1-3-5-13/h1-6,8,14-15H,7,9-11,20H2/t14-,15+/m0/s1. The number of halogens is 3. The van der Waals surface area contributed by atoms with Crippen LogP contribution in [0.15, 0.2) is 42.7 Å². The Morgan fingerprint density at radius 1 is 1.17 bits per heavy atom. The van der Waals surface area contributed by atoms with Crippen LogP contribution >= 0.6 is 0 Å². The van der Waals surface area contributed by atoms with Gasteiger partial charge in [0.2, 0.25) is 0 Å². The molecule has 2 atom stereocenters. The SMILES string of the molecule is N[C@@H]1CN(Cc2cnn(CC(F)(F)F)c2)C[C@H]1c1ccccc1. The number of hydrogen-bond acceptors (Lipinski definition) is 3. The Bertz CT molecular complexity index is 638. The second-order valence-corrected chi connectivity index (χ2v) is 6.04. The van der Waals surface area contributed by atoms with Crippen LogP contribution in [0.25, 0.3) is 0 Å². The summed E-state index contributed by atoms with van der Waals surface area (Å²) in [5, 5.41) is 3.78. The first-order valence-electron chi connectivity index (χ1n) is 7.52. The lowest BCUT2D eigenvalue weighted by atomic mass is 9.95. The third-order valence-corrected chi connectivity index (χ3v) is 4.10. The third-order valence-electron chi connectivity index (χ3n) is 4.10. The van der Waals surface area contributed by atoms with E-state index in [2.05, 4.69) is 22.1 Å². The van der Waals surface area contributed by atoms with E-state index in [9.17, 15) is 13.2 Å². The normalized spacial score (nSPS) is 22.6. The Morgan fingerprint density at radius 3 is 2.61 bits per heavy atom. The third kappa shape index (κ3) is 4.11. The van der Waals surface area contributed by atoms with Crippen LogP contribution in [0.2, 0.25) is 0 Å². The van der Waals surface area contributed by atoms with E-state index in [-0.39, 0.29) is 12.0 Å². The quantitative estimate of drug-likeness (QED) is 0.939. The molecule has 0 saturated carbocycles. The zero-order chi connectivity index (χ0) is 16.4. The van der Waals surface area contributed by atoms with E-state index in [1.165, 1.54) is 18.0 Å². The van der Waals surface area contributed by atoms with Gasteiger partial charge in [0.25, 0.3) is 0 Å². The molecule has 1 aromatic carbocycles. The molecular weight excluding hydrogens is 305 g/mol. The van der Waals surface area contributed by atoms with Gasteiger partial charge in [0.1, 0.15) is 6.54 Å². The lowest BCUT2D eigenvalue weighted by molar-refractivity contribution is -0.142. The van der Waals surface area contributed by atoms with Crippen molar-refractivity contribution in [3.8, 4) is 0 Å². The maximum Gasteiger partial charge on any atom is 0.408 e. The van der Waals surface area contributed by atoms with Gasteiger partial charge in [0.05, 0.1) is 6.20 Å². The van der Waals surface area contributed by atoms with E-state index in [1.807, 2.05) is 18.2 Å². The van der Waals surface area contributed by atoms with Crippen LogP contribution in [-0.4, -0.2) is 40.0 Å². The minimum atomic E-state index is -4.25. The van der Waals surface area contributed by atoms with Gasteiger partial charge in [-0.25, -0.2) is 0 Å². The largest absolute Gasteiger partial charge is 0.408 e. The van der Waals surface area contributed by atoms with Gasteiger partial charge in [-0.1, -0.05) is 30.3 Å². The highest BCUT2D eigenvalue weighted by atomic mass is 19.4. The second kappa shape index (κ2) is 6.33. The number of alkyl halides is 3. The number of aromatic nitrogens is 2. The molecule has 0 unspecified atom stereocenters. The van der Waals surface area contributed by atoms with Crippen molar-refractivity contribution in [2.24, 2.45) is 5.73 Å². The van der Waals surface area contributed by atoms with Crippen molar-refractivity contribution in [2.75, 3.05) is 13.1 Å². The molecular formula is C16H19F3N4. The monoisotopic (exact) mass is 324 g/mol. The van der Waals surface area contributed by atoms with Crippen LogP contribution in [0.5, 0.6) is 0 Å². The topological polar surface area (TPSA) is 47.1 Å². The molecule has 1 fully saturated rings. The van der Waals surface area contributed by atoms with Gasteiger partial charge >= 0.3 is 6.18 Å². The lowest BCUT2D eigenvalue weighted by Crippen LogP contribution is -2.28. The highest BCUT2D eigenvalue weighted by Gasteiger charge is 2.32. The van der Waals surface area contributed by atoms with Crippen LogP contribution in [0.4, 0.5) is 13.2 Å². The van der Waals surface area contributed by atoms with Crippen LogP contribution in [0.1, 0.15) is 17.0 Å². The molecule has 2 heterocycles. The Hall–Kier alpha value is -1.86. The van der Waals surface area contributed by atoms with Gasteiger partial charge in [-0.05, 0) is 5.56 Å². The van der Waals surface area contributed by atoms with Gasteiger partial charge in [0.15, 0.2) is 0 Å². The van der Waals surface area contributed by atoms with Crippen molar-refractivity contribution in [1.82, 2.24) is 14.7 Å². The van der Waals surface area contributed by atoms with E-state index >= 15 is 0 Å². The molecule has 0 amide bonds. The molecule has 2 aromatic rings. The number of rotatable bonds is 4. The molecule has 0 bridgehead atoms. The van der Waals surface area contributed by atoms with Crippen molar-refractivity contribution < 1.29 is 13.2 Å². The summed E-state index contributed by atoms with van der Waals surface area (Å²) in [7, 11) is 0. The fourth-order valence-corrected chi connectivity index (χ4v) is 3.11. The number of nitrogens with zero attached hydrogens (tertiary/aromatic N) is 3. The first-order chi connectivity index (χ1) is 10.9. The van der Waals surface area contributed by atoms with Crippen molar-refractivity contribution in [1.29, 1.82) is 0 Å². The molecule has 4 nitrogen and oxygen atoms in total. The Morgan fingerprint density at radius 2 is 1.91 bits per heavy atom. The molecule has 0 spiro atoms. The molecule has 1 aliphatic heterocycles. The summed E-state index contributed by atoms with van der Waals surface area (Å²) in [6, 6.07) is 10.1. The molecule has 3 rings (SSSR count). The smallest absolute Gasteiger partial charge is 0.326 e. The maximum atomic E-state index is 12.4. The predicted molar refractivity (Wildman–Crippen MR) is 80.7 cm³/mol. The maximum absolute atomic E-state index is 12.4. The molecule has 124 valence electrons. The molecule has 1 saturated heterocycles. The first kappa shape index (κ1) is 16.0. The van der Waals surface area contributed by atoms with Crippen molar-refractivity contribution in [3.63, 3.8) is 0 Å². The van der Waals surface area contributed by atoms with E-state index in [0.29, 0.717) is 6.54 Å². The summed E-state index contributed by atoms with van der Waals surface area (Å²) in [5.74, 6) is 0.251. The summed E-state index contributed by atoms with van der Waals surface area (Å²) < 4.78 is 38.0. The predicted octanol–water partition coefficient (Wildman–Crippen LogP) is 2.37.